The number of fused-ring (bicyclic) bond motifs is 4. The van der Waals surface area contributed by atoms with E-state index in [2.05, 4.69) is 41.5 Å². The van der Waals surface area contributed by atoms with Crippen LogP contribution in [0, 0.1) is 39.4 Å². The van der Waals surface area contributed by atoms with Crippen LogP contribution in [-0.4, -0.2) is 39.3 Å². The van der Waals surface area contributed by atoms with Crippen molar-refractivity contribution in [3.8, 4) is 0 Å². The molecule has 5 heteroatoms. The number of hydrogen-bond acceptors (Lipinski definition) is 4. The van der Waals surface area contributed by atoms with Crippen molar-refractivity contribution in [2.24, 2.45) is 39.4 Å². The van der Waals surface area contributed by atoms with E-state index in [-0.39, 0.29) is 51.6 Å². The van der Waals surface area contributed by atoms with Gasteiger partial charge in [0.1, 0.15) is 0 Å². The summed E-state index contributed by atoms with van der Waals surface area (Å²) in [5.74, 6) is -0.0315. The van der Waals surface area contributed by atoms with Crippen LogP contribution in [0.15, 0.2) is 11.1 Å². The molecule has 0 unspecified atom stereocenters. The molecular weight excluding hydrogens is 404 g/mol. The van der Waals surface area contributed by atoms with Gasteiger partial charge in [-0.05, 0) is 83.5 Å². The van der Waals surface area contributed by atoms with Gasteiger partial charge in [-0.15, -0.1) is 0 Å². The van der Waals surface area contributed by atoms with Gasteiger partial charge in [0.25, 0.3) is 0 Å². The Morgan fingerprint density at radius 3 is 2.38 bits per heavy atom. The SMILES string of the molecule is C[C@H](CCC(=O)O)[C@H]1CC[C@@]2(C)C3=C(C(=O)C[C@]12C)[C@@]1(C)CC[C@H](O)C(C)(C)[C@@H]1C[C@@H]3O. The van der Waals surface area contributed by atoms with Crippen LogP contribution < -0.4 is 0 Å². The number of Topliss-reactive ketones (excluding diaryl/α,β-unsaturated/α-hetero) is 1. The van der Waals surface area contributed by atoms with E-state index in [1.165, 1.54) is 0 Å². The number of carboxylic acid groups (broad SMARTS) is 1. The fourth-order valence-corrected chi connectivity index (χ4v) is 8.94. The van der Waals surface area contributed by atoms with Gasteiger partial charge in [-0.25, -0.2) is 0 Å². The molecule has 0 radical (unpaired) electrons. The van der Waals surface area contributed by atoms with E-state index in [1.54, 1.807) is 0 Å². The Morgan fingerprint density at radius 2 is 1.75 bits per heavy atom. The van der Waals surface area contributed by atoms with Crippen LogP contribution >= 0.6 is 0 Å². The number of carboxylic acids is 1. The number of aliphatic carboxylic acids is 1. The molecule has 180 valence electrons. The zero-order valence-corrected chi connectivity index (χ0v) is 20.7. The molecule has 2 saturated carbocycles. The minimum Gasteiger partial charge on any atom is -0.481 e. The van der Waals surface area contributed by atoms with Crippen molar-refractivity contribution in [2.45, 2.75) is 105 Å². The lowest BCUT2D eigenvalue weighted by molar-refractivity contribution is -0.139. The summed E-state index contributed by atoms with van der Waals surface area (Å²) in [5, 5.41) is 31.5. The molecule has 32 heavy (non-hydrogen) atoms. The van der Waals surface area contributed by atoms with Gasteiger partial charge in [-0.3, -0.25) is 9.59 Å². The zero-order valence-electron chi connectivity index (χ0n) is 20.7. The summed E-state index contributed by atoms with van der Waals surface area (Å²) >= 11 is 0. The van der Waals surface area contributed by atoms with Crippen molar-refractivity contribution in [1.82, 2.24) is 0 Å². The highest BCUT2D eigenvalue weighted by Crippen LogP contribution is 2.71. The first-order valence-corrected chi connectivity index (χ1v) is 12.6. The summed E-state index contributed by atoms with van der Waals surface area (Å²) in [6, 6.07) is 0. The van der Waals surface area contributed by atoms with Crippen molar-refractivity contribution < 1.29 is 24.9 Å². The maximum Gasteiger partial charge on any atom is 0.303 e. The molecule has 4 aliphatic carbocycles. The van der Waals surface area contributed by atoms with Crippen LogP contribution in [0.2, 0.25) is 0 Å². The summed E-state index contributed by atoms with van der Waals surface area (Å²) in [7, 11) is 0. The van der Waals surface area contributed by atoms with Gasteiger partial charge >= 0.3 is 5.97 Å². The normalized spacial score (nSPS) is 46.3. The maximum atomic E-state index is 13.9. The van der Waals surface area contributed by atoms with Crippen LogP contribution in [0.5, 0.6) is 0 Å². The number of ketones is 1. The summed E-state index contributed by atoms with van der Waals surface area (Å²) in [4.78, 5) is 25.1. The number of aliphatic hydroxyl groups is 2. The van der Waals surface area contributed by atoms with Gasteiger partial charge in [-0.2, -0.15) is 0 Å². The molecule has 0 bridgehead atoms. The minimum absolute atomic E-state index is 0.0658. The number of rotatable bonds is 4. The van der Waals surface area contributed by atoms with Gasteiger partial charge in [0, 0.05) is 18.4 Å². The third-order valence-corrected chi connectivity index (χ3v) is 11.0. The molecule has 0 saturated heterocycles. The Bertz CT molecular complexity index is 858. The summed E-state index contributed by atoms with van der Waals surface area (Å²) in [5.41, 5.74) is 0.667. The first-order chi connectivity index (χ1) is 14.7. The smallest absolute Gasteiger partial charge is 0.303 e. The summed E-state index contributed by atoms with van der Waals surface area (Å²) in [6.45, 7) is 13.0. The van der Waals surface area contributed by atoms with Crippen LogP contribution in [-0.2, 0) is 9.59 Å². The van der Waals surface area contributed by atoms with E-state index in [0.29, 0.717) is 25.7 Å². The van der Waals surface area contributed by atoms with Gasteiger partial charge in [0.15, 0.2) is 5.78 Å². The highest BCUT2D eigenvalue weighted by atomic mass is 16.4. The van der Waals surface area contributed by atoms with Gasteiger partial charge in [0.05, 0.1) is 12.2 Å². The summed E-state index contributed by atoms with van der Waals surface area (Å²) in [6.07, 6.45) is 4.14. The summed E-state index contributed by atoms with van der Waals surface area (Å²) < 4.78 is 0. The third-order valence-electron chi connectivity index (χ3n) is 11.0. The lowest BCUT2D eigenvalue weighted by Gasteiger charge is -2.62. The Morgan fingerprint density at radius 1 is 1.09 bits per heavy atom. The molecule has 4 rings (SSSR count). The Hall–Kier alpha value is -1.20. The molecule has 0 aliphatic heterocycles. The van der Waals surface area contributed by atoms with E-state index < -0.39 is 18.2 Å². The fraction of sp³-hybridized carbons (Fsp3) is 0.852. The first kappa shape index (κ1) is 23.9. The molecule has 8 atom stereocenters. The zero-order chi connectivity index (χ0) is 23.9. The van der Waals surface area contributed by atoms with Gasteiger partial charge in [-0.1, -0.05) is 41.5 Å². The molecular formula is C27H42O5. The molecule has 0 aromatic rings. The van der Waals surface area contributed by atoms with Crippen molar-refractivity contribution in [2.75, 3.05) is 0 Å². The van der Waals surface area contributed by atoms with Crippen molar-refractivity contribution in [1.29, 1.82) is 0 Å². The molecule has 2 fully saturated rings. The Kier molecular flexibility index (Phi) is 5.54. The highest BCUT2D eigenvalue weighted by Gasteiger charge is 2.67. The van der Waals surface area contributed by atoms with Crippen LogP contribution in [0.1, 0.15) is 92.9 Å². The van der Waals surface area contributed by atoms with E-state index in [4.69, 9.17) is 0 Å². The second-order valence-corrected chi connectivity index (χ2v) is 12.8. The second-order valence-electron chi connectivity index (χ2n) is 12.8. The Labute approximate surface area is 192 Å². The van der Waals surface area contributed by atoms with Crippen LogP contribution in [0.3, 0.4) is 0 Å². The third kappa shape index (κ3) is 3.02. The fourth-order valence-electron chi connectivity index (χ4n) is 8.94. The largest absolute Gasteiger partial charge is 0.481 e. The topological polar surface area (TPSA) is 94.8 Å². The maximum absolute atomic E-state index is 13.9. The minimum atomic E-state index is -0.767. The second kappa shape index (κ2) is 7.40. The predicted octanol–water partition coefficient (Wildman–Crippen LogP) is 4.75. The number of carbonyl (C=O) groups is 2. The number of allylic oxidation sites excluding steroid dienone is 1. The van der Waals surface area contributed by atoms with Gasteiger partial charge < -0.3 is 15.3 Å². The quantitative estimate of drug-likeness (QED) is 0.579. The lowest BCUT2D eigenvalue weighted by atomic mass is 9.42. The van der Waals surface area contributed by atoms with Crippen LogP contribution in [0.25, 0.3) is 0 Å². The lowest BCUT2D eigenvalue weighted by Crippen LogP contribution is -2.59. The van der Waals surface area contributed by atoms with Crippen molar-refractivity contribution >= 4 is 11.8 Å². The number of aliphatic hydroxyl groups excluding tert-OH is 2. The van der Waals surface area contributed by atoms with E-state index in [1.807, 2.05) is 0 Å². The monoisotopic (exact) mass is 446 g/mol. The molecule has 5 nitrogen and oxygen atoms in total. The Balaban J connectivity index is 1.79. The van der Waals surface area contributed by atoms with Crippen molar-refractivity contribution in [3.05, 3.63) is 11.1 Å². The average Bonchev–Trinajstić information content (AvgIpc) is 2.96. The predicted molar refractivity (Wildman–Crippen MR) is 123 cm³/mol. The van der Waals surface area contributed by atoms with E-state index in [9.17, 15) is 24.9 Å². The van der Waals surface area contributed by atoms with Crippen LogP contribution in [0.4, 0.5) is 0 Å². The van der Waals surface area contributed by atoms with E-state index >= 15 is 0 Å². The number of carbonyl (C=O) groups excluding carboxylic acids is 1. The number of hydrogen-bond donors (Lipinski definition) is 3. The highest BCUT2D eigenvalue weighted by molar-refractivity contribution is 6.00. The molecule has 0 aromatic carbocycles. The molecule has 0 aromatic heterocycles. The molecule has 0 spiro atoms. The molecule has 4 aliphatic rings. The molecule has 0 heterocycles. The molecule has 0 amide bonds. The standard InChI is InChI=1S/C27H42O5/c1-15(7-8-21(31)32)16-9-12-26(5)23-17(28)13-19-24(2,3)20(30)10-11-25(19,4)22(23)18(29)14-27(16,26)6/h15-17,19-20,28,30H,7-14H2,1-6H3,(H,31,32)/t15-,16-,17+,19+,20+,25+,26+,27-/m1/s1. The first-order valence-electron chi connectivity index (χ1n) is 12.6. The molecule has 3 N–H and O–H groups in total. The van der Waals surface area contributed by atoms with Crippen molar-refractivity contribution in [3.63, 3.8) is 0 Å². The average molecular weight is 447 g/mol. The van der Waals surface area contributed by atoms with E-state index in [0.717, 1.165) is 30.4 Å². The van der Waals surface area contributed by atoms with Gasteiger partial charge in [0.2, 0.25) is 0 Å².